The molecule has 1 aromatic carbocycles. The van der Waals surface area contributed by atoms with Gasteiger partial charge in [-0.05, 0) is 43.5 Å². The molecule has 3 nitrogen and oxygen atoms in total. The topological polar surface area (TPSA) is 41.1 Å². The quantitative estimate of drug-likeness (QED) is 0.852. The van der Waals surface area contributed by atoms with Crippen LogP contribution in [0, 0.1) is 11.6 Å². The zero-order chi connectivity index (χ0) is 13.0. The van der Waals surface area contributed by atoms with Crippen molar-refractivity contribution >= 4 is 5.91 Å². The SMILES string of the molecule is O=C(NCCc1ccc(F)c(F)c1)C1CCCN1. The molecule has 1 amide bonds. The summed E-state index contributed by atoms with van der Waals surface area (Å²) in [6, 6.07) is 3.69. The zero-order valence-electron chi connectivity index (χ0n) is 10.0. The Hall–Kier alpha value is -1.49. The number of carbonyl (C=O) groups is 1. The van der Waals surface area contributed by atoms with Gasteiger partial charge in [-0.15, -0.1) is 0 Å². The standard InChI is InChI=1S/C13H16F2N2O/c14-10-4-3-9(8-11(10)15)5-7-17-13(18)12-2-1-6-16-12/h3-4,8,12,16H,1-2,5-7H2,(H,17,18). The van der Waals surface area contributed by atoms with Crippen LogP contribution >= 0.6 is 0 Å². The molecule has 0 aliphatic carbocycles. The molecule has 0 saturated carbocycles. The lowest BCUT2D eigenvalue weighted by Gasteiger charge is -2.11. The molecule has 0 aromatic heterocycles. The number of hydrogen-bond acceptors (Lipinski definition) is 2. The summed E-state index contributed by atoms with van der Waals surface area (Å²) in [5.41, 5.74) is 0.675. The molecule has 0 bridgehead atoms. The molecule has 1 unspecified atom stereocenters. The Morgan fingerprint density at radius 1 is 1.39 bits per heavy atom. The van der Waals surface area contributed by atoms with Gasteiger partial charge in [0.2, 0.25) is 5.91 Å². The molecule has 1 aliphatic rings. The van der Waals surface area contributed by atoms with Crippen molar-refractivity contribution in [2.24, 2.45) is 0 Å². The predicted octanol–water partition coefficient (Wildman–Crippen LogP) is 1.38. The minimum atomic E-state index is -0.851. The second kappa shape index (κ2) is 5.91. The van der Waals surface area contributed by atoms with Gasteiger partial charge in [-0.25, -0.2) is 8.78 Å². The Kier molecular flexibility index (Phi) is 4.25. The van der Waals surface area contributed by atoms with E-state index in [-0.39, 0.29) is 11.9 Å². The molecular formula is C13H16F2N2O. The number of benzene rings is 1. The highest BCUT2D eigenvalue weighted by atomic mass is 19.2. The maximum absolute atomic E-state index is 12.9. The number of hydrogen-bond donors (Lipinski definition) is 2. The number of carbonyl (C=O) groups excluding carboxylic acids is 1. The van der Waals surface area contributed by atoms with E-state index in [0.29, 0.717) is 18.5 Å². The van der Waals surface area contributed by atoms with E-state index < -0.39 is 11.6 Å². The van der Waals surface area contributed by atoms with Crippen LogP contribution < -0.4 is 10.6 Å². The van der Waals surface area contributed by atoms with Crippen LogP contribution in [0.4, 0.5) is 8.78 Å². The lowest BCUT2D eigenvalue weighted by atomic mass is 10.1. The molecule has 1 fully saturated rings. The van der Waals surface area contributed by atoms with Gasteiger partial charge in [0.1, 0.15) is 0 Å². The summed E-state index contributed by atoms with van der Waals surface area (Å²) in [5.74, 6) is -1.72. The van der Waals surface area contributed by atoms with Crippen LogP contribution in [-0.4, -0.2) is 25.0 Å². The average Bonchev–Trinajstić information content (AvgIpc) is 2.87. The van der Waals surface area contributed by atoms with Gasteiger partial charge in [-0.3, -0.25) is 4.79 Å². The van der Waals surface area contributed by atoms with Crippen molar-refractivity contribution in [1.29, 1.82) is 0 Å². The normalized spacial score (nSPS) is 18.9. The third-order valence-corrected chi connectivity index (χ3v) is 3.07. The molecule has 2 N–H and O–H groups in total. The first-order valence-corrected chi connectivity index (χ1v) is 6.12. The molecule has 5 heteroatoms. The van der Waals surface area contributed by atoms with E-state index in [1.807, 2.05) is 0 Å². The first kappa shape index (κ1) is 13.0. The fourth-order valence-electron chi connectivity index (χ4n) is 2.06. The van der Waals surface area contributed by atoms with E-state index in [9.17, 15) is 13.6 Å². The summed E-state index contributed by atoms with van der Waals surface area (Å²) in [4.78, 5) is 11.6. The molecule has 0 spiro atoms. The number of amides is 1. The second-order valence-corrected chi connectivity index (χ2v) is 4.44. The Bertz CT molecular complexity index is 431. The fourth-order valence-corrected chi connectivity index (χ4v) is 2.06. The molecule has 1 atom stereocenters. The van der Waals surface area contributed by atoms with E-state index in [1.165, 1.54) is 6.07 Å². The maximum Gasteiger partial charge on any atom is 0.237 e. The van der Waals surface area contributed by atoms with Gasteiger partial charge in [-0.2, -0.15) is 0 Å². The van der Waals surface area contributed by atoms with Crippen molar-refractivity contribution in [3.05, 3.63) is 35.4 Å². The van der Waals surface area contributed by atoms with Gasteiger partial charge >= 0.3 is 0 Å². The Morgan fingerprint density at radius 3 is 2.89 bits per heavy atom. The van der Waals surface area contributed by atoms with E-state index in [4.69, 9.17) is 0 Å². The minimum Gasteiger partial charge on any atom is -0.354 e. The van der Waals surface area contributed by atoms with E-state index >= 15 is 0 Å². The minimum absolute atomic E-state index is 0.0184. The maximum atomic E-state index is 12.9. The van der Waals surface area contributed by atoms with Gasteiger partial charge in [-0.1, -0.05) is 6.07 Å². The highest BCUT2D eigenvalue weighted by molar-refractivity contribution is 5.81. The van der Waals surface area contributed by atoms with Crippen molar-refractivity contribution in [1.82, 2.24) is 10.6 Å². The molecule has 98 valence electrons. The van der Waals surface area contributed by atoms with Crippen LogP contribution in [-0.2, 0) is 11.2 Å². The van der Waals surface area contributed by atoms with Crippen molar-refractivity contribution in [3.8, 4) is 0 Å². The Balaban J connectivity index is 1.77. The summed E-state index contributed by atoms with van der Waals surface area (Å²) >= 11 is 0. The highest BCUT2D eigenvalue weighted by Gasteiger charge is 2.21. The van der Waals surface area contributed by atoms with E-state index in [1.54, 1.807) is 0 Å². The van der Waals surface area contributed by atoms with Crippen LogP contribution in [0.1, 0.15) is 18.4 Å². The summed E-state index contributed by atoms with van der Waals surface area (Å²) in [5, 5.41) is 5.89. The molecule has 0 radical (unpaired) electrons. The van der Waals surface area contributed by atoms with Crippen LogP contribution in [0.3, 0.4) is 0 Å². The lowest BCUT2D eigenvalue weighted by Crippen LogP contribution is -2.41. The second-order valence-electron chi connectivity index (χ2n) is 4.44. The third-order valence-electron chi connectivity index (χ3n) is 3.07. The van der Waals surface area contributed by atoms with E-state index in [0.717, 1.165) is 31.5 Å². The molecule has 1 saturated heterocycles. The first-order valence-electron chi connectivity index (χ1n) is 6.12. The molecular weight excluding hydrogens is 238 g/mol. The fraction of sp³-hybridized carbons (Fsp3) is 0.462. The molecule has 1 aliphatic heterocycles. The van der Waals surface area contributed by atoms with Crippen LogP contribution in [0.5, 0.6) is 0 Å². The van der Waals surface area contributed by atoms with Crippen molar-refractivity contribution in [3.63, 3.8) is 0 Å². The largest absolute Gasteiger partial charge is 0.354 e. The van der Waals surface area contributed by atoms with Crippen LogP contribution in [0.2, 0.25) is 0 Å². The summed E-state index contributed by atoms with van der Waals surface area (Å²) in [7, 11) is 0. The molecule has 18 heavy (non-hydrogen) atoms. The van der Waals surface area contributed by atoms with Crippen molar-refractivity contribution in [2.45, 2.75) is 25.3 Å². The van der Waals surface area contributed by atoms with Gasteiger partial charge in [0.25, 0.3) is 0 Å². The zero-order valence-corrected chi connectivity index (χ0v) is 10.0. The molecule has 1 heterocycles. The molecule has 1 aromatic rings. The average molecular weight is 254 g/mol. The smallest absolute Gasteiger partial charge is 0.237 e. The number of halogens is 2. The van der Waals surface area contributed by atoms with Gasteiger partial charge in [0.05, 0.1) is 6.04 Å². The third kappa shape index (κ3) is 3.26. The number of nitrogens with one attached hydrogen (secondary N) is 2. The van der Waals surface area contributed by atoms with Crippen molar-refractivity contribution in [2.75, 3.05) is 13.1 Å². The highest BCUT2D eigenvalue weighted by Crippen LogP contribution is 2.09. The monoisotopic (exact) mass is 254 g/mol. The first-order chi connectivity index (χ1) is 8.66. The van der Waals surface area contributed by atoms with Crippen LogP contribution in [0.25, 0.3) is 0 Å². The Morgan fingerprint density at radius 2 is 2.22 bits per heavy atom. The summed E-state index contributed by atoms with van der Waals surface area (Å²) in [6.07, 6.45) is 2.37. The van der Waals surface area contributed by atoms with Gasteiger partial charge < -0.3 is 10.6 Å². The number of rotatable bonds is 4. The molecule has 2 rings (SSSR count). The van der Waals surface area contributed by atoms with Crippen molar-refractivity contribution < 1.29 is 13.6 Å². The van der Waals surface area contributed by atoms with E-state index in [2.05, 4.69) is 10.6 Å². The summed E-state index contributed by atoms with van der Waals surface area (Å²) < 4.78 is 25.6. The van der Waals surface area contributed by atoms with Crippen LogP contribution in [0.15, 0.2) is 18.2 Å². The summed E-state index contributed by atoms with van der Waals surface area (Å²) in [6.45, 7) is 1.31. The lowest BCUT2D eigenvalue weighted by molar-refractivity contribution is -0.122. The van der Waals surface area contributed by atoms with Gasteiger partial charge in [0.15, 0.2) is 11.6 Å². The van der Waals surface area contributed by atoms with Gasteiger partial charge in [0, 0.05) is 6.54 Å². The predicted molar refractivity (Wildman–Crippen MR) is 64.1 cm³/mol. The Labute approximate surface area is 105 Å².